The van der Waals surface area contributed by atoms with Gasteiger partial charge in [-0.2, -0.15) is 18.4 Å². The Morgan fingerprint density at radius 1 is 1.00 bits per heavy atom. The van der Waals surface area contributed by atoms with Crippen LogP contribution in [0.4, 0.5) is 30.4 Å². The van der Waals surface area contributed by atoms with E-state index in [-0.39, 0.29) is 11.5 Å². The molecule has 28 heavy (non-hydrogen) atoms. The third kappa shape index (κ3) is 4.62. The standard InChI is InChI=1S/C19H12F3N5O/c20-19(21,22)13-4-6-14(7-5-13)26-17-9-16(24-11-25-17)18(28)27-15-3-1-2-12(8-15)10-23/h1-9,11H,(H,27,28)(H,24,25,26). The predicted octanol–water partition coefficient (Wildman–Crippen LogP) is 4.36. The van der Waals surface area contributed by atoms with Crippen molar-refractivity contribution in [2.75, 3.05) is 10.6 Å². The molecule has 140 valence electrons. The van der Waals surface area contributed by atoms with Crippen LogP contribution in [-0.4, -0.2) is 15.9 Å². The fourth-order valence-electron chi connectivity index (χ4n) is 2.30. The average molecular weight is 383 g/mol. The van der Waals surface area contributed by atoms with Gasteiger partial charge in [-0.3, -0.25) is 4.79 Å². The van der Waals surface area contributed by atoms with Gasteiger partial charge in [0.15, 0.2) is 0 Å². The molecule has 0 aliphatic carbocycles. The monoisotopic (exact) mass is 383 g/mol. The fraction of sp³-hybridized carbons (Fsp3) is 0.0526. The Balaban J connectivity index is 1.73. The summed E-state index contributed by atoms with van der Waals surface area (Å²) in [6.45, 7) is 0. The van der Waals surface area contributed by atoms with Gasteiger partial charge in [0.25, 0.3) is 5.91 Å². The van der Waals surface area contributed by atoms with Crippen LogP contribution in [0.15, 0.2) is 60.9 Å². The summed E-state index contributed by atoms with van der Waals surface area (Å²) in [5, 5.41) is 14.3. The van der Waals surface area contributed by atoms with Crippen LogP contribution in [0.5, 0.6) is 0 Å². The molecule has 1 aromatic heterocycles. The third-order valence-corrected chi connectivity index (χ3v) is 3.63. The third-order valence-electron chi connectivity index (χ3n) is 3.63. The fourth-order valence-corrected chi connectivity index (χ4v) is 2.30. The van der Waals surface area contributed by atoms with Gasteiger partial charge in [-0.25, -0.2) is 9.97 Å². The van der Waals surface area contributed by atoms with E-state index >= 15 is 0 Å². The average Bonchev–Trinajstić information content (AvgIpc) is 2.68. The number of alkyl halides is 3. The quantitative estimate of drug-likeness (QED) is 0.698. The Morgan fingerprint density at radius 2 is 1.75 bits per heavy atom. The normalized spacial score (nSPS) is 10.8. The van der Waals surface area contributed by atoms with E-state index in [0.717, 1.165) is 18.5 Å². The lowest BCUT2D eigenvalue weighted by Crippen LogP contribution is -2.14. The Hall–Kier alpha value is -3.93. The van der Waals surface area contributed by atoms with E-state index in [4.69, 9.17) is 5.26 Å². The molecule has 0 radical (unpaired) electrons. The Bertz CT molecular complexity index is 1040. The zero-order valence-corrected chi connectivity index (χ0v) is 14.2. The van der Waals surface area contributed by atoms with Crippen LogP contribution in [0.2, 0.25) is 0 Å². The van der Waals surface area contributed by atoms with Crippen LogP contribution in [0, 0.1) is 11.3 Å². The lowest BCUT2D eigenvalue weighted by molar-refractivity contribution is -0.137. The van der Waals surface area contributed by atoms with Gasteiger partial charge in [0, 0.05) is 17.4 Å². The molecule has 3 rings (SSSR count). The van der Waals surface area contributed by atoms with Gasteiger partial charge in [0.1, 0.15) is 17.8 Å². The number of nitriles is 1. The highest BCUT2D eigenvalue weighted by atomic mass is 19.4. The number of carbonyl (C=O) groups excluding carboxylic acids is 1. The number of aromatic nitrogens is 2. The SMILES string of the molecule is N#Cc1cccc(NC(=O)c2cc(Nc3ccc(C(F)(F)F)cc3)ncn2)c1. The van der Waals surface area contributed by atoms with E-state index in [1.54, 1.807) is 18.2 Å². The topological polar surface area (TPSA) is 90.7 Å². The molecule has 0 bridgehead atoms. The largest absolute Gasteiger partial charge is 0.416 e. The number of benzene rings is 2. The summed E-state index contributed by atoms with van der Waals surface area (Å²) in [5.74, 6) is -0.279. The van der Waals surface area contributed by atoms with Crippen molar-refractivity contribution in [1.29, 1.82) is 5.26 Å². The van der Waals surface area contributed by atoms with Gasteiger partial charge in [-0.1, -0.05) is 6.07 Å². The molecule has 0 saturated carbocycles. The summed E-state index contributed by atoms with van der Waals surface area (Å²) >= 11 is 0. The minimum Gasteiger partial charge on any atom is -0.340 e. The zero-order chi connectivity index (χ0) is 20.1. The van der Waals surface area contributed by atoms with Gasteiger partial charge in [-0.15, -0.1) is 0 Å². The summed E-state index contributed by atoms with van der Waals surface area (Å²) in [4.78, 5) is 20.2. The maximum absolute atomic E-state index is 12.6. The molecule has 1 heterocycles. The van der Waals surface area contributed by atoms with Crippen molar-refractivity contribution >= 4 is 23.1 Å². The molecule has 0 atom stereocenters. The number of nitrogens with zero attached hydrogens (tertiary/aromatic N) is 3. The van der Waals surface area contributed by atoms with E-state index in [1.165, 1.54) is 24.3 Å². The molecule has 2 aromatic carbocycles. The molecule has 0 saturated heterocycles. The molecule has 3 aromatic rings. The van der Waals surface area contributed by atoms with Crippen molar-refractivity contribution in [3.63, 3.8) is 0 Å². The number of hydrogen-bond donors (Lipinski definition) is 2. The molecule has 0 aliphatic heterocycles. The number of hydrogen-bond acceptors (Lipinski definition) is 5. The molecular formula is C19H12F3N5O. The van der Waals surface area contributed by atoms with Crippen LogP contribution in [0.25, 0.3) is 0 Å². The molecule has 2 N–H and O–H groups in total. The van der Waals surface area contributed by atoms with Gasteiger partial charge < -0.3 is 10.6 Å². The summed E-state index contributed by atoms with van der Waals surface area (Å²) in [6, 6.07) is 14.1. The maximum Gasteiger partial charge on any atom is 0.416 e. The molecule has 0 unspecified atom stereocenters. The van der Waals surface area contributed by atoms with E-state index in [1.807, 2.05) is 6.07 Å². The lowest BCUT2D eigenvalue weighted by atomic mass is 10.2. The molecule has 0 spiro atoms. The smallest absolute Gasteiger partial charge is 0.340 e. The molecule has 0 aliphatic rings. The van der Waals surface area contributed by atoms with Gasteiger partial charge >= 0.3 is 6.18 Å². The first-order valence-corrected chi connectivity index (χ1v) is 7.93. The second kappa shape index (κ2) is 7.75. The summed E-state index contributed by atoms with van der Waals surface area (Å²) in [6.07, 6.45) is -3.26. The van der Waals surface area contributed by atoms with E-state index in [0.29, 0.717) is 16.9 Å². The second-order valence-electron chi connectivity index (χ2n) is 5.64. The van der Waals surface area contributed by atoms with Gasteiger partial charge in [0.05, 0.1) is 17.2 Å². The number of rotatable bonds is 4. The van der Waals surface area contributed by atoms with E-state index in [2.05, 4.69) is 20.6 Å². The maximum atomic E-state index is 12.6. The minimum absolute atomic E-state index is 0.0479. The van der Waals surface area contributed by atoms with Gasteiger partial charge in [0.2, 0.25) is 0 Å². The first-order chi connectivity index (χ1) is 13.3. The number of carbonyl (C=O) groups is 1. The number of amides is 1. The highest BCUT2D eigenvalue weighted by Gasteiger charge is 2.29. The number of anilines is 3. The first-order valence-electron chi connectivity index (χ1n) is 7.93. The van der Waals surface area contributed by atoms with Crippen molar-refractivity contribution in [2.24, 2.45) is 0 Å². The second-order valence-corrected chi connectivity index (χ2v) is 5.64. The molecule has 6 nitrogen and oxygen atoms in total. The highest BCUT2D eigenvalue weighted by molar-refractivity contribution is 6.03. The minimum atomic E-state index is -4.42. The summed E-state index contributed by atoms with van der Waals surface area (Å²) < 4.78 is 37.8. The van der Waals surface area contributed by atoms with Crippen LogP contribution in [-0.2, 0) is 6.18 Å². The Kier molecular flexibility index (Phi) is 5.22. The molecule has 0 fully saturated rings. The highest BCUT2D eigenvalue weighted by Crippen LogP contribution is 2.30. The molecule has 1 amide bonds. The predicted molar refractivity (Wildman–Crippen MR) is 95.9 cm³/mol. The van der Waals surface area contributed by atoms with Crippen LogP contribution in [0.1, 0.15) is 21.6 Å². The van der Waals surface area contributed by atoms with Gasteiger partial charge in [-0.05, 0) is 42.5 Å². The molecular weight excluding hydrogens is 371 g/mol. The van der Waals surface area contributed by atoms with Crippen LogP contribution >= 0.6 is 0 Å². The van der Waals surface area contributed by atoms with E-state index in [9.17, 15) is 18.0 Å². The van der Waals surface area contributed by atoms with Crippen molar-refractivity contribution in [3.05, 3.63) is 77.7 Å². The van der Waals surface area contributed by atoms with Crippen LogP contribution < -0.4 is 10.6 Å². The molecule has 9 heteroatoms. The number of nitrogens with one attached hydrogen (secondary N) is 2. The Morgan fingerprint density at radius 3 is 2.43 bits per heavy atom. The summed E-state index contributed by atoms with van der Waals surface area (Å²) in [7, 11) is 0. The zero-order valence-electron chi connectivity index (χ0n) is 14.2. The number of halogens is 3. The van der Waals surface area contributed by atoms with E-state index < -0.39 is 17.6 Å². The summed E-state index contributed by atoms with van der Waals surface area (Å²) in [5.41, 5.74) is 0.483. The first kappa shape index (κ1) is 18.8. The van der Waals surface area contributed by atoms with Crippen LogP contribution in [0.3, 0.4) is 0 Å². The van der Waals surface area contributed by atoms with Crippen molar-refractivity contribution < 1.29 is 18.0 Å². The van der Waals surface area contributed by atoms with Crippen molar-refractivity contribution in [3.8, 4) is 6.07 Å². The lowest BCUT2D eigenvalue weighted by Gasteiger charge is -2.10. The van der Waals surface area contributed by atoms with Crippen molar-refractivity contribution in [2.45, 2.75) is 6.18 Å². The van der Waals surface area contributed by atoms with Crippen molar-refractivity contribution in [1.82, 2.24) is 9.97 Å². The Labute approximate surface area is 157 Å².